The molecular formula is CH3BF2. The van der Waals surface area contributed by atoms with Gasteiger partial charge in [0.25, 0.3) is 0 Å². The van der Waals surface area contributed by atoms with Gasteiger partial charge in [0.05, 0.1) is 0 Å². The van der Waals surface area contributed by atoms with Crippen LogP contribution in [0.5, 0.6) is 0 Å². The van der Waals surface area contributed by atoms with E-state index in [0.717, 1.165) is 0 Å². The van der Waals surface area contributed by atoms with Gasteiger partial charge in [0.1, 0.15) is 0 Å². The molecule has 0 bridgehead atoms. The van der Waals surface area contributed by atoms with Crippen LogP contribution in [-0.4, -0.2) is 7.33 Å². The summed E-state index contributed by atoms with van der Waals surface area (Å²) in [4.78, 5) is 0. The minimum Gasteiger partial charge on any atom is -0.269 e. The summed E-state index contributed by atoms with van der Waals surface area (Å²) in [7, 11) is 4.00. The van der Waals surface area contributed by atoms with Gasteiger partial charge in [-0.15, -0.1) is 0 Å². The maximum atomic E-state index is 4.00. The van der Waals surface area contributed by atoms with E-state index in [0.29, 0.717) is 0 Å². The zero-order chi connectivity index (χ0) is 2.00. The van der Waals surface area contributed by atoms with Crippen molar-refractivity contribution in [2.75, 3.05) is 0 Å². The van der Waals surface area contributed by atoms with E-state index in [1.807, 2.05) is 0 Å². The quantitative estimate of drug-likeness (QED) is 0.349. The van der Waals surface area contributed by atoms with Gasteiger partial charge in [0.2, 0.25) is 0 Å². The molecule has 0 radical (unpaired) electrons. The smallest absolute Gasteiger partial charge is 0.269 e. The number of hydrogen-bond acceptors (Lipinski definition) is 0. The van der Waals surface area contributed by atoms with Crippen molar-refractivity contribution >= 4 is 7.33 Å². The van der Waals surface area contributed by atoms with Crippen molar-refractivity contribution < 1.29 is 9.41 Å². The van der Waals surface area contributed by atoms with Gasteiger partial charge in [0, 0.05) is 0 Å². The van der Waals surface area contributed by atoms with E-state index in [4.69, 9.17) is 0 Å². The predicted octanol–water partition coefficient (Wildman–Crippen LogP) is 0.0489. The molecule has 0 saturated heterocycles. The molecule has 0 amide bonds. The van der Waals surface area contributed by atoms with Crippen LogP contribution in [0.3, 0.4) is 0 Å². The fourth-order valence-corrected chi connectivity index (χ4v) is 0. The Labute approximate surface area is 24.3 Å². The van der Waals surface area contributed by atoms with Crippen LogP contribution in [0.1, 0.15) is 0 Å². The van der Waals surface area contributed by atoms with E-state index >= 15 is 0 Å². The molecule has 0 atom stereocenters. The largest absolute Gasteiger partial charge is 0.269 e. The Morgan fingerprint density at radius 2 is 1.00 bits per heavy atom. The summed E-state index contributed by atoms with van der Waals surface area (Å²) in [5.74, 6) is 0. The van der Waals surface area contributed by atoms with Crippen LogP contribution >= 0.6 is 0 Å². The predicted molar refractivity (Wildman–Crippen MR) is 15.7 cm³/mol. The Bertz CT molecular complexity index is 10.8. The summed E-state index contributed by atoms with van der Waals surface area (Å²) in [6.07, 6.45) is 4.00. The average Bonchev–Trinajstić information content (AvgIpc) is 1.00. The molecule has 0 spiro atoms. The number of rotatable bonds is 0. The van der Waals surface area contributed by atoms with Crippen molar-refractivity contribution in [2.24, 2.45) is 0 Å². The molecule has 0 unspecified atom stereocenters. The van der Waals surface area contributed by atoms with Gasteiger partial charge in [-0.25, -0.2) is 0 Å². The molecule has 3 heteroatoms. The SMILES string of the molecule is B#C.F.F. The van der Waals surface area contributed by atoms with Gasteiger partial charge in [-0.2, -0.15) is 0 Å². The third-order valence-corrected chi connectivity index (χ3v) is 0. The second kappa shape index (κ2) is 90.3. The van der Waals surface area contributed by atoms with Gasteiger partial charge < -0.3 is 0 Å². The summed E-state index contributed by atoms with van der Waals surface area (Å²) in [6.45, 7) is 0. The van der Waals surface area contributed by atoms with E-state index in [-0.39, 0.29) is 9.41 Å². The van der Waals surface area contributed by atoms with E-state index in [2.05, 4.69) is 13.6 Å². The third-order valence-electron chi connectivity index (χ3n) is 0. The Hall–Kier alpha value is -0.295. The van der Waals surface area contributed by atoms with Gasteiger partial charge in [-0.3, -0.25) is 9.41 Å². The topological polar surface area (TPSA) is 0 Å². The first-order valence-corrected chi connectivity index (χ1v) is 0.333. The molecule has 0 nitrogen and oxygen atoms in total. The van der Waals surface area contributed by atoms with Gasteiger partial charge in [-0.1, -0.05) is 0 Å². The molecule has 0 heterocycles. The summed E-state index contributed by atoms with van der Waals surface area (Å²) in [6, 6.07) is 0. The van der Waals surface area contributed by atoms with Crippen LogP contribution < -0.4 is 0 Å². The van der Waals surface area contributed by atoms with Crippen molar-refractivity contribution in [3.8, 4) is 6.31 Å². The van der Waals surface area contributed by atoms with Crippen LogP contribution in [0.25, 0.3) is 0 Å². The maximum absolute atomic E-state index is 4.00. The second-order valence-corrected chi connectivity index (χ2v) is 0. The number of halogens is 2. The van der Waals surface area contributed by atoms with Crippen molar-refractivity contribution in [3.63, 3.8) is 0 Å². The van der Waals surface area contributed by atoms with Crippen LogP contribution in [0, 0.1) is 6.31 Å². The molecule has 0 aromatic carbocycles. The normalized spacial score (nSPS) is 1.25. The monoisotopic (exact) mass is 64.0 g/mol. The van der Waals surface area contributed by atoms with E-state index in [1.165, 1.54) is 0 Å². The van der Waals surface area contributed by atoms with Crippen LogP contribution in [0.2, 0.25) is 0 Å². The molecule has 0 aliphatic carbocycles. The summed E-state index contributed by atoms with van der Waals surface area (Å²) in [5, 5.41) is 0. The van der Waals surface area contributed by atoms with Gasteiger partial charge in [-0.05, 0) is 0 Å². The Balaban J connectivity index is -0.00000000500. The van der Waals surface area contributed by atoms with E-state index in [9.17, 15) is 0 Å². The van der Waals surface area contributed by atoms with Crippen LogP contribution in [0.4, 0.5) is 9.41 Å². The molecule has 0 aromatic heterocycles. The molecule has 0 aliphatic rings. The summed E-state index contributed by atoms with van der Waals surface area (Å²) >= 11 is 0. The Kier molecular flexibility index (Phi) is 1230. The van der Waals surface area contributed by atoms with Crippen molar-refractivity contribution in [1.82, 2.24) is 0 Å². The summed E-state index contributed by atoms with van der Waals surface area (Å²) in [5.41, 5.74) is 0. The molecular weight excluding hydrogens is 60.8 g/mol. The second-order valence-electron chi connectivity index (χ2n) is 0. The molecule has 4 heavy (non-hydrogen) atoms. The molecule has 0 rings (SSSR count). The average molecular weight is 63.8 g/mol. The molecule has 0 fully saturated rings. The van der Waals surface area contributed by atoms with Crippen molar-refractivity contribution in [2.45, 2.75) is 0 Å². The first-order valence-electron chi connectivity index (χ1n) is 0.333. The van der Waals surface area contributed by atoms with Crippen LogP contribution in [-0.2, 0) is 0 Å². The maximum Gasteiger partial charge on any atom is -0.269 e. The first-order chi connectivity index (χ1) is 1.00. The van der Waals surface area contributed by atoms with Crippen LogP contribution in [0.15, 0.2) is 0 Å². The van der Waals surface area contributed by atoms with E-state index in [1.54, 1.807) is 0 Å². The Morgan fingerprint density at radius 3 is 1.00 bits per heavy atom. The van der Waals surface area contributed by atoms with E-state index < -0.39 is 0 Å². The minimum atomic E-state index is 0. The fraction of sp³-hybridized carbons (Fsp3) is 0. The summed E-state index contributed by atoms with van der Waals surface area (Å²) < 4.78 is 0. The molecule has 0 saturated carbocycles. The molecule has 0 aromatic rings. The van der Waals surface area contributed by atoms with Gasteiger partial charge in [0.15, 0.2) is 0 Å². The molecule has 0 N–H and O–H groups in total. The van der Waals surface area contributed by atoms with Gasteiger partial charge >= 0.3 is 13.6 Å². The minimum absolute atomic E-state index is 0. The van der Waals surface area contributed by atoms with Crippen molar-refractivity contribution in [1.29, 1.82) is 0 Å². The van der Waals surface area contributed by atoms with Crippen molar-refractivity contribution in [3.05, 3.63) is 0 Å². The zero-order valence-electron chi connectivity index (χ0n) is 1.97. The number of hydrogen-bond donors (Lipinski definition) is 0. The zero-order valence-corrected chi connectivity index (χ0v) is 1.97. The standard InChI is InChI=1S/CHB.2FH/c1-2;;/h1H;2*1H. The molecule has 0 aliphatic heterocycles. The molecule has 24 valence electrons. The third kappa shape index (κ3) is 9.73. The fourth-order valence-electron chi connectivity index (χ4n) is 0. The first kappa shape index (κ1) is 54.6. The Morgan fingerprint density at radius 1 is 1.00 bits per heavy atom.